The zero-order valence-corrected chi connectivity index (χ0v) is 12.9. The lowest BCUT2D eigenvalue weighted by molar-refractivity contribution is -0.146. The summed E-state index contributed by atoms with van der Waals surface area (Å²) in [6, 6.07) is 3.05. The highest BCUT2D eigenvalue weighted by Gasteiger charge is 2.43. The number of hydrogen-bond donors (Lipinski definition) is 2. The first-order valence-electron chi connectivity index (χ1n) is 7.02. The van der Waals surface area contributed by atoms with E-state index in [1.807, 2.05) is 6.92 Å². The van der Waals surface area contributed by atoms with Crippen LogP contribution in [0.3, 0.4) is 0 Å². The van der Waals surface area contributed by atoms with E-state index in [2.05, 4.69) is 10.3 Å². The number of aryl methyl sites for hydroxylation is 1. The van der Waals surface area contributed by atoms with Crippen molar-refractivity contribution in [3.8, 4) is 0 Å². The van der Waals surface area contributed by atoms with E-state index >= 15 is 0 Å². The van der Waals surface area contributed by atoms with Crippen molar-refractivity contribution in [2.24, 2.45) is 5.92 Å². The Morgan fingerprint density at radius 2 is 2.19 bits per heavy atom. The van der Waals surface area contributed by atoms with E-state index in [9.17, 15) is 14.7 Å². The predicted molar refractivity (Wildman–Crippen MR) is 79.4 cm³/mol. The van der Waals surface area contributed by atoms with Crippen LogP contribution in [-0.4, -0.2) is 27.5 Å². The first-order valence-corrected chi connectivity index (χ1v) is 7.40. The Morgan fingerprint density at radius 3 is 2.76 bits per heavy atom. The van der Waals surface area contributed by atoms with Crippen LogP contribution >= 0.6 is 11.6 Å². The number of amides is 1. The molecule has 1 aliphatic carbocycles. The number of hydrogen-bond acceptors (Lipinski definition) is 3. The maximum Gasteiger partial charge on any atom is 0.329 e. The molecule has 21 heavy (non-hydrogen) atoms. The molecule has 1 aromatic rings. The zero-order valence-electron chi connectivity index (χ0n) is 12.1. The molecule has 1 amide bonds. The third kappa shape index (κ3) is 3.53. The van der Waals surface area contributed by atoms with Crippen molar-refractivity contribution in [2.45, 2.75) is 45.1 Å². The van der Waals surface area contributed by atoms with Gasteiger partial charge in [-0.05, 0) is 37.8 Å². The Balaban J connectivity index is 2.24. The highest BCUT2D eigenvalue weighted by Crippen LogP contribution is 2.33. The SMILES string of the molecule is Cc1cc(C(=O)NC2(C(=O)O)CCCC(C)C2)cc(Cl)n1. The molecule has 6 heteroatoms. The largest absolute Gasteiger partial charge is 0.480 e. The number of carbonyl (C=O) groups is 2. The van der Waals surface area contributed by atoms with Crippen LogP contribution in [0, 0.1) is 12.8 Å². The average molecular weight is 311 g/mol. The molecule has 1 heterocycles. The predicted octanol–water partition coefficient (Wildman–Crippen LogP) is 2.81. The van der Waals surface area contributed by atoms with E-state index in [1.165, 1.54) is 6.07 Å². The van der Waals surface area contributed by atoms with E-state index in [0.29, 0.717) is 24.1 Å². The average Bonchev–Trinajstić information content (AvgIpc) is 2.37. The first-order chi connectivity index (χ1) is 9.82. The fourth-order valence-corrected chi connectivity index (χ4v) is 3.21. The van der Waals surface area contributed by atoms with Gasteiger partial charge in [0.05, 0.1) is 0 Å². The van der Waals surface area contributed by atoms with Crippen LogP contribution in [0.5, 0.6) is 0 Å². The standard InChI is InChI=1S/C15H19ClN2O3/c1-9-4-3-5-15(8-9,14(20)21)18-13(19)11-6-10(2)17-12(16)7-11/h6-7,9H,3-5,8H2,1-2H3,(H,18,19)(H,20,21). The summed E-state index contributed by atoms with van der Waals surface area (Å²) in [6.45, 7) is 3.74. The number of carbonyl (C=O) groups excluding carboxylic acids is 1. The smallest absolute Gasteiger partial charge is 0.329 e. The van der Waals surface area contributed by atoms with Gasteiger partial charge >= 0.3 is 5.97 Å². The Labute approximate surface area is 128 Å². The van der Waals surface area contributed by atoms with Crippen LogP contribution in [0.15, 0.2) is 12.1 Å². The van der Waals surface area contributed by atoms with E-state index in [0.717, 1.165) is 12.8 Å². The lowest BCUT2D eigenvalue weighted by Crippen LogP contribution is -2.56. The molecular formula is C15H19ClN2O3. The van der Waals surface area contributed by atoms with Gasteiger partial charge in [-0.1, -0.05) is 31.4 Å². The normalized spacial score (nSPS) is 25.4. The minimum atomic E-state index is -1.18. The number of aliphatic carboxylic acids is 1. The minimum Gasteiger partial charge on any atom is -0.480 e. The molecule has 0 radical (unpaired) electrons. The second-order valence-electron chi connectivity index (χ2n) is 5.86. The van der Waals surface area contributed by atoms with Gasteiger partial charge in [0.1, 0.15) is 10.7 Å². The number of carboxylic acids is 1. The number of halogens is 1. The highest BCUT2D eigenvalue weighted by molar-refractivity contribution is 6.29. The van der Waals surface area contributed by atoms with Gasteiger partial charge in [-0.15, -0.1) is 0 Å². The van der Waals surface area contributed by atoms with Crippen LogP contribution in [-0.2, 0) is 4.79 Å². The van der Waals surface area contributed by atoms with Crippen molar-refractivity contribution in [2.75, 3.05) is 0 Å². The molecular weight excluding hydrogens is 292 g/mol. The van der Waals surface area contributed by atoms with E-state index in [4.69, 9.17) is 11.6 Å². The van der Waals surface area contributed by atoms with Crippen LogP contribution < -0.4 is 5.32 Å². The molecule has 0 saturated heterocycles. The third-order valence-corrected chi connectivity index (χ3v) is 4.14. The molecule has 2 N–H and O–H groups in total. The second kappa shape index (κ2) is 6.02. The molecule has 5 nitrogen and oxygen atoms in total. The molecule has 1 saturated carbocycles. The molecule has 2 atom stereocenters. The summed E-state index contributed by atoms with van der Waals surface area (Å²) in [5.41, 5.74) is -0.223. The summed E-state index contributed by atoms with van der Waals surface area (Å²) in [5.74, 6) is -1.11. The van der Waals surface area contributed by atoms with Crippen molar-refractivity contribution < 1.29 is 14.7 Å². The summed E-state index contributed by atoms with van der Waals surface area (Å²) in [7, 11) is 0. The van der Waals surface area contributed by atoms with Crippen LogP contribution in [0.4, 0.5) is 0 Å². The molecule has 0 bridgehead atoms. The maximum atomic E-state index is 12.4. The molecule has 2 unspecified atom stereocenters. The minimum absolute atomic E-state index is 0.224. The molecule has 114 valence electrons. The van der Waals surface area contributed by atoms with E-state index in [1.54, 1.807) is 13.0 Å². The Kier molecular flexibility index (Phi) is 4.52. The first kappa shape index (κ1) is 15.8. The number of pyridine rings is 1. The molecule has 0 aliphatic heterocycles. The quantitative estimate of drug-likeness (QED) is 0.841. The monoisotopic (exact) mass is 310 g/mol. The van der Waals surface area contributed by atoms with Crippen LogP contribution in [0.2, 0.25) is 5.15 Å². The van der Waals surface area contributed by atoms with Gasteiger partial charge in [-0.25, -0.2) is 9.78 Å². The summed E-state index contributed by atoms with van der Waals surface area (Å²) >= 11 is 5.85. The summed E-state index contributed by atoms with van der Waals surface area (Å²) < 4.78 is 0. The van der Waals surface area contributed by atoms with Crippen molar-refractivity contribution in [3.63, 3.8) is 0 Å². The van der Waals surface area contributed by atoms with E-state index < -0.39 is 17.4 Å². The fraction of sp³-hybridized carbons (Fsp3) is 0.533. The molecule has 1 aliphatic rings. The number of nitrogens with zero attached hydrogens (tertiary/aromatic N) is 1. The molecule has 1 aromatic heterocycles. The van der Waals surface area contributed by atoms with E-state index in [-0.39, 0.29) is 11.1 Å². The maximum absolute atomic E-state index is 12.4. The van der Waals surface area contributed by atoms with Gasteiger partial charge in [-0.2, -0.15) is 0 Å². The van der Waals surface area contributed by atoms with Gasteiger partial charge in [0.25, 0.3) is 5.91 Å². The van der Waals surface area contributed by atoms with Gasteiger partial charge in [0.2, 0.25) is 0 Å². The fourth-order valence-electron chi connectivity index (χ4n) is 2.96. The number of carboxylic acid groups (broad SMARTS) is 1. The van der Waals surface area contributed by atoms with Crippen molar-refractivity contribution >= 4 is 23.5 Å². The van der Waals surface area contributed by atoms with Gasteiger partial charge in [0, 0.05) is 11.3 Å². The lowest BCUT2D eigenvalue weighted by Gasteiger charge is -2.37. The molecule has 0 spiro atoms. The number of aromatic nitrogens is 1. The molecule has 2 rings (SSSR count). The lowest BCUT2D eigenvalue weighted by atomic mass is 9.76. The van der Waals surface area contributed by atoms with Crippen LogP contribution in [0.1, 0.15) is 48.7 Å². The summed E-state index contributed by atoms with van der Waals surface area (Å²) in [5, 5.41) is 12.5. The second-order valence-corrected chi connectivity index (χ2v) is 6.25. The van der Waals surface area contributed by atoms with Crippen molar-refractivity contribution in [1.82, 2.24) is 10.3 Å². The molecule has 0 aromatic carbocycles. The number of rotatable bonds is 3. The third-order valence-electron chi connectivity index (χ3n) is 3.94. The van der Waals surface area contributed by atoms with Gasteiger partial charge in [-0.3, -0.25) is 4.79 Å². The Bertz CT molecular complexity index is 556. The summed E-state index contributed by atoms with van der Waals surface area (Å²) in [4.78, 5) is 28.0. The highest BCUT2D eigenvalue weighted by atomic mass is 35.5. The molecule has 1 fully saturated rings. The summed E-state index contributed by atoms with van der Waals surface area (Å²) in [6.07, 6.45) is 2.69. The van der Waals surface area contributed by atoms with Gasteiger partial charge in [0.15, 0.2) is 0 Å². The van der Waals surface area contributed by atoms with Crippen molar-refractivity contribution in [1.29, 1.82) is 0 Å². The van der Waals surface area contributed by atoms with Crippen LogP contribution in [0.25, 0.3) is 0 Å². The Morgan fingerprint density at radius 1 is 1.48 bits per heavy atom. The Hall–Kier alpha value is -1.62. The van der Waals surface area contributed by atoms with Crippen molar-refractivity contribution in [3.05, 3.63) is 28.5 Å². The zero-order chi connectivity index (χ0) is 15.6. The van der Waals surface area contributed by atoms with Gasteiger partial charge < -0.3 is 10.4 Å². The topological polar surface area (TPSA) is 79.3 Å². The number of nitrogens with one attached hydrogen (secondary N) is 1.